The summed E-state index contributed by atoms with van der Waals surface area (Å²) in [5.74, 6) is 7.27. The maximum absolute atomic E-state index is 9.05. The van der Waals surface area contributed by atoms with Crippen molar-refractivity contribution in [2.45, 2.75) is 43.3 Å². The summed E-state index contributed by atoms with van der Waals surface area (Å²) in [5.41, 5.74) is 11.4. The molecule has 335 valence electrons. The van der Waals surface area contributed by atoms with Crippen molar-refractivity contribution in [1.82, 2.24) is 19.5 Å². The van der Waals surface area contributed by atoms with E-state index >= 15 is 0 Å². The molecule has 8 heteroatoms. The molecule has 6 nitrogen and oxygen atoms in total. The third-order valence-corrected chi connectivity index (χ3v) is 16.5. The van der Waals surface area contributed by atoms with Gasteiger partial charge < -0.3 is 13.4 Å². The van der Waals surface area contributed by atoms with Gasteiger partial charge in [0.2, 0.25) is 5.71 Å². The third kappa shape index (κ3) is 8.40. The van der Waals surface area contributed by atoms with Gasteiger partial charge in [0.25, 0.3) is 0 Å². The van der Waals surface area contributed by atoms with Crippen LogP contribution in [0.5, 0.6) is 0 Å². The van der Waals surface area contributed by atoms with Crippen LogP contribution in [0.25, 0.3) is 94.5 Å². The Balaban J connectivity index is 0.000000188. The fraction of sp³-hybridized carbons (Fsp3) is 0.117. The van der Waals surface area contributed by atoms with Crippen molar-refractivity contribution >= 4 is 72.7 Å². The average molecular weight is 1130 g/mol. The molecule has 0 fully saturated rings. The topological polar surface area (TPSA) is 69.9 Å². The molecule has 0 spiro atoms. The van der Waals surface area contributed by atoms with E-state index < -0.39 is 26.5 Å². The molecule has 68 heavy (non-hydrogen) atoms. The van der Waals surface area contributed by atoms with Crippen molar-refractivity contribution in [3.63, 3.8) is 0 Å². The Morgan fingerprint density at radius 1 is 0.735 bits per heavy atom. The molecule has 0 N–H and O–H groups in total. The maximum Gasteiger partial charge on any atom is 0 e. The van der Waals surface area contributed by atoms with Crippen LogP contribution in [0, 0.1) is 19.0 Å². The van der Waals surface area contributed by atoms with Gasteiger partial charge in [-0.15, -0.1) is 12.1 Å². The average Bonchev–Trinajstić information content (AvgIpc) is 4.10. The van der Waals surface area contributed by atoms with Gasteiger partial charge in [-0.3, -0.25) is 4.98 Å². The van der Waals surface area contributed by atoms with Crippen molar-refractivity contribution in [3.05, 3.63) is 211 Å². The fourth-order valence-electron chi connectivity index (χ4n) is 8.98. The summed E-state index contributed by atoms with van der Waals surface area (Å²) in [6.07, 6.45) is 2.14. The van der Waals surface area contributed by atoms with Gasteiger partial charge in [-0.25, -0.2) is 4.98 Å². The zero-order valence-electron chi connectivity index (χ0n) is 42.8. The molecule has 0 aliphatic carbocycles. The number of aryl methyl sites for hydroxylation is 1. The predicted octanol–water partition coefficient (Wildman–Crippen LogP) is 15.1. The zero-order chi connectivity index (χ0) is 49.9. The van der Waals surface area contributed by atoms with E-state index in [-0.39, 0.29) is 31.6 Å². The van der Waals surface area contributed by atoms with Crippen LogP contribution < -0.4 is 4.40 Å². The van der Waals surface area contributed by atoms with E-state index in [1.165, 1.54) is 0 Å². The molecule has 7 aromatic carbocycles. The maximum atomic E-state index is 9.05. The van der Waals surface area contributed by atoms with Crippen LogP contribution in [0.3, 0.4) is 0 Å². The Hall–Kier alpha value is -6.90. The Morgan fingerprint density at radius 2 is 1.50 bits per heavy atom. The number of para-hydroxylation sites is 4. The van der Waals surface area contributed by atoms with E-state index in [0.29, 0.717) is 22.7 Å². The number of benzene rings is 7. The third-order valence-electron chi connectivity index (χ3n) is 12.3. The van der Waals surface area contributed by atoms with Gasteiger partial charge in [0, 0.05) is 46.6 Å². The van der Waals surface area contributed by atoms with E-state index in [2.05, 4.69) is 56.1 Å². The van der Waals surface area contributed by atoms with Crippen LogP contribution in [0.15, 0.2) is 191 Å². The summed E-state index contributed by atoms with van der Waals surface area (Å²) in [7, 11) is 0. The Labute approximate surface area is 419 Å². The first-order valence-electron chi connectivity index (χ1n) is 24.9. The monoisotopic (exact) mass is 1130 g/mol. The minimum atomic E-state index is -2.32. The number of hydrogen-bond acceptors (Lipinski definition) is 5. The van der Waals surface area contributed by atoms with Crippen LogP contribution in [0.4, 0.5) is 0 Å². The largest absolute Gasteiger partial charge is 0 e. The molecule has 0 amide bonds. The van der Waals surface area contributed by atoms with Crippen LogP contribution >= 0.6 is 0 Å². The van der Waals surface area contributed by atoms with Crippen LogP contribution in [-0.4, -0.2) is 32.8 Å². The van der Waals surface area contributed by atoms with Crippen LogP contribution in [0.1, 0.15) is 36.4 Å². The number of aromatic nitrogens is 4. The SMILES string of the molecule is [2H]C([2H])([2H])c1ccc(-c2c[c-]c(-c3nc4ccccc4n3-c3cccc4c3oc3ccccc34)c3oc4ncccc4c23)cc1.[2H]C([2H])(c1cc(-c2[c-]cccc2)nc[c]1[Ge]([CH3])([CH3])[CH3])C(C)c1ccccc1.[Ir]. The molecule has 0 bridgehead atoms. The fourth-order valence-corrected chi connectivity index (χ4v) is 11.9. The molecule has 5 heterocycles. The Bertz CT molecular complexity index is 3960. The van der Waals surface area contributed by atoms with Crippen molar-refractivity contribution in [2.24, 2.45) is 0 Å². The molecule has 0 saturated heterocycles. The summed E-state index contributed by atoms with van der Waals surface area (Å²) >= 11 is -2.32. The summed E-state index contributed by atoms with van der Waals surface area (Å²) in [4.78, 5) is 14.3. The molecule has 0 aliphatic rings. The number of imidazole rings is 1. The van der Waals surface area contributed by atoms with Crippen molar-refractivity contribution < 1.29 is 35.8 Å². The molecule has 5 aromatic heterocycles. The molecular weight excluding hydrogens is 1070 g/mol. The first-order chi connectivity index (χ1) is 34.7. The van der Waals surface area contributed by atoms with Crippen LogP contribution in [-0.2, 0) is 26.5 Å². The summed E-state index contributed by atoms with van der Waals surface area (Å²) in [5, 5.41) is 3.77. The van der Waals surface area contributed by atoms with Gasteiger partial charge in [-0.1, -0.05) is 89.0 Å². The summed E-state index contributed by atoms with van der Waals surface area (Å²) < 4.78 is 57.7. The van der Waals surface area contributed by atoms with Crippen LogP contribution in [0.2, 0.25) is 17.3 Å². The second kappa shape index (κ2) is 18.6. The van der Waals surface area contributed by atoms with E-state index in [9.17, 15) is 0 Å². The van der Waals surface area contributed by atoms with E-state index in [1.54, 1.807) is 18.3 Å². The van der Waals surface area contributed by atoms with Gasteiger partial charge in [-0.05, 0) is 48.6 Å². The first-order valence-corrected chi connectivity index (χ1v) is 29.8. The molecular formula is C60H48GeIrN4O2-2. The molecule has 0 saturated carbocycles. The number of rotatable bonds is 8. The number of furan rings is 2. The number of hydrogen-bond donors (Lipinski definition) is 0. The molecule has 12 rings (SSSR count). The quantitative estimate of drug-likeness (QED) is 0.112. The Morgan fingerprint density at radius 3 is 2.31 bits per heavy atom. The minimum absolute atomic E-state index is 0. The smallest absolute Gasteiger partial charge is 0 e. The number of nitrogens with zero attached hydrogens (tertiary/aromatic N) is 4. The molecule has 12 aromatic rings. The number of pyridine rings is 2. The van der Waals surface area contributed by atoms with Gasteiger partial charge >= 0.3 is 157 Å². The van der Waals surface area contributed by atoms with Crippen molar-refractivity contribution in [3.8, 4) is 39.5 Å². The number of fused-ring (bicyclic) bond motifs is 7. The molecule has 0 aliphatic heterocycles. The second-order valence-electron chi connectivity index (χ2n) is 17.7. The van der Waals surface area contributed by atoms with E-state index in [1.807, 2.05) is 159 Å². The first kappa shape index (κ1) is 39.1. The van der Waals surface area contributed by atoms with Gasteiger partial charge in [0.05, 0.1) is 28.1 Å². The second-order valence-corrected chi connectivity index (χ2v) is 28.3. The zero-order valence-corrected chi connectivity index (χ0v) is 42.3. The standard InChI is InChI=1S/C37H22N3O2.C23H26GeN.Ir/c1-22-15-17-23(18-16-22)24-19-20-28(35-33(24)27-10-7-21-38-37(27)42-35)36-39-29-11-3-4-12-30(29)40(36)31-13-6-9-26-25-8-2-5-14-32(25)41-34(26)31;1-18(19-11-7-5-8-12-19)15-21-16-23(20-13-9-6-10-14-20)25-17-22(21)24(2,3)4;/h2-19,21H,1H3;5-13,16-18H,15H2,1-4H3;/q2*-1;/i1D3;15D2;. The minimum Gasteiger partial charge on any atom is 0 e. The van der Waals surface area contributed by atoms with Crippen molar-refractivity contribution in [2.75, 3.05) is 0 Å². The molecule has 1 radical (unpaired) electrons. The normalized spacial score (nSPS) is 13.6. The van der Waals surface area contributed by atoms with Gasteiger partial charge in [0.15, 0.2) is 5.58 Å². The van der Waals surface area contributed by atoms with E-state index in [4.69, 9.17) is 20.7 Å². The van der Waals surface area contributed by atoms with Gasteiger partial charge in [-0.2, -0.15) is 0 Å². The van der Waals surface area contributed by atoms with Gasteiger partial charge in [0.1, 0.15) is 5.58 Å². The Kier molecular flexibility index (Phi) is 10.7. The van der Waals surface area contributed by atoms with Crippen molar-refractivity contribution in [1.29, 1.82) is 0 Å². The summed E-state index contributed by atoms with van der Waals surface area (Å²) in [6, 6.07) is 61.3. The molecule has 1 unspecified atom stereocenters. The summed E-state index contributed by atoms with van der Waals surface area (Å²) in [6.45, 7) is -0.207. The predicted molar refractivity (Wildman–Crippen MR) is 278 cm³/mol. The molecule has 1 atom stereocenters. The van der Waals surface area contributed by atoms with E-state index in [0.717, 1.165) is 87.3 Å².